The highest BCUT2D eigenvalue weighted by atomic mass is 19.4. The van der Waals surface area contributed by atoms with E-state index in [4.69, 9.17) is 9.26 Å². The molecule has 0 saturated carbocycles. The fraction of sp³-hybridized carbons (Fsp3) is 0.333. The van der Waals surface area contributed by atoms with Gasteiger partial charge in [-0.15, -0.1) is 0 Å². The second-order valence-electron chi connectivity index (χ2n) is 6.91. The van der Waals surface area contributed by atoms with E-state index in [0.717, 1.165) is 37.4 Å². The monoisotopic (exact) mass is 403 g/mol. The van der Waals surface area contributed by atoms with E-state index in [9.17, 15) is 13.2 Å². The Morgan fingerprint density at radius 1 is 1.14 bits per heavy atom. The Bertz CT molecular complexity index is 1000. The summed E-state index contributed by atoms with van der Waals surface area (Å²) in [6, 6.07) is 11.1. The van der Waals surface area contributed by atoms with Crippen molar-refractivity contribution >= 4 is 0 Å². The standard InChI is InChI=1S/C21H20F3N3O2/c1-2-28-18-7-6-14-8-9-27(12-16(14)11-18)13-19-25-20(26-29-19)15-4-3-5-17(10-15)21(22,23)24/h3-7,10-11H,2,8-9,12-13H2,1H3. The van der Waals surface area contributed by atoms with Gasteiger partial charge >= 0.3 is 6.18 Å². The van der Waals surface area contributed by atoms with Gasteiger partial charge in [0.05, 0.1) is 18.7 Å². The van der Waals surface area contributed by atoms with Crippen molar-refractivity contribution in [1.82, 2.24) is 15.0 Å². The first-order valence-electron chi connectivity index (χ1n) is 9.39. The van der Waals surface area contributed by atoms with Crippen molar-refractivity contribution in [2.24, 2.45) is 0 Å². The van der Waals surface area contributed by atoms with Crippen LogP contribution in [0.25, 0.3) is 11.4 Å². The highest BCUT2D eigenvalue weighted by Crippen LogP contribution is 2.31. The molecule has 2 heterocycles. The first-order valence-corrected chi connectivity index (χ1v) is 9.39. The summed E-state index contributed by atoms with van der Waals surface area (Å²) in [7, 11) is 0. The molecule has 4 rings (SSSR count). The smallest absolute Gasteiger partial charge is 0.416 e. The van der Waals surface area contributed by atoms with Gasteiger partial charge in [-0.1, -0.05) is 23.4 Å². The van der Waals surface area contributed by atoms with Crippen molar-refractivity contribution in [1.29, 1.82) is 0 Å². The second kappa shape index (κ2) is 7.87. The van der Waals surface area contributed by atoms with Gasteiger partial charge in [-0.2, -0.15) is 18.2 Å². The third-order valence-corrected chi connectivity index (χ3v) is 4.86. The molecule has 5 nitrogen and oxygen atoms in total. The van der Waals surface area contributed by atoms with Crippen LogP contribution in [0.1, 0.15) is 29.5 Å². The lowest BCUT2D eigenvalue weighted by Crippen LogP contribution is -2.30. The fourth-order valence-corrected chi connectivity index (χ4v) is 3.45. The molecule has 0 unspecified atom stereocenters. The molecule has 0 amide bonds. The minimum atomic E-state index is -4.41. The van der Waals surface area contributed by atoms with Crippen LogP contribution in [0.5, 0.6) is 5.75 Å². The molecular weight excluding hydrogens is 383 g/mol. The van der Waals surface area contributed by atoms with Gasteiger partial charge in [0.2, 0.25) is 11.7 Å². The molecule has 0 fully saturated rings. The van der Waals surface area contributed by atoms with Crippen molar-refractivity contribution in [2.45, 2.75) is 32.6 Å². The lowest BCUT2D eigenvalue weighted by molar-refractivity contribution is -0.137. The van der Waals surface area contributed by atoms with E-state index in [1.54, 1.807) is 0 Å². The van der Waals surface area contributed by atoms with Gasteiger partial charge < -0.3 is 9.26 Å². The number of hydrogen-bond acceptors (Lipinski definition) is 5. The predicted octanol–water partition coefficient (Wildman–Crippen LogP) is 4.71. The van der Waals surface area contributed by atoms with Crippen molar-refractivity contribution in [2.75, 3.05) is 13.2 Å². The lowest BCUT2D eigenvalue weighted by atomic mass is 9.99. The largest absolute Gasteiger partial charge is 0.494 e. The number of hydrogen-bond donors (Lipinski definition) is 0. The summed E-state index contributed by atoms with van der Waals surface area (Å²) in [4.78, 5) is 6.46. The van der Waals surface area contributed by atoms with E-state index >= 15 is 0 Å². The average molecular weight is 403 g/mol. The molecule has 0 aliphatic carbocycles. The molecule has 1 aliphatic rings. The molecule has 0 radical (unpaired) electrons. The predicted molar refractivity (Wildman–Crippen MR) is 100 cm³/mol. The molecule has 3 aromatic rings. The van der Waals surface area contributed by atoms with Crippen LogP contribution in [0.3, 0.4) is 0 Å². The Morgan fingerprint density at radius 3 is 2.79 bits per heavy atom. The van der Waals surface area contributed by atoms with Crippen LogP contribution < -0.4 is 4.74 Å². The van der Waals surface area contributed by atoms with E-state index < -0.39 is 11.7 Å². The van der Waals surface area contributed by atoms with Crippen molar-refractivity contribution in [3.05, 3.63) is 65.0 Å². The van der Waals surface area contributed by atoms with Crippen molar-refractivity contribution in [3.63, 3.8) is 0 Å². The van der Waals surface area contributed by atoms with Crippen LogP contribution in [0, 0.1) is 0 Å². The Kier molecular flexibility index (Phi) is 5.27. The Hall–Kier alpha value is -2.87. The zero-order valence-electron chi connectivity index (χ0n) is 15.9. The van der Waals surface area contributed by atoms with E-state index in [2.05, 4.69) is 21.1 Å². The summed E-state index contributed by atoms with van der Waals surface area (Å²) in [6.07, 6.45) is -3.51. The third kappa shape index (κ3) is 4.42. The normalized spacial score (nSPS) is 14.6. The van der Waals surface area contributed by atoms with Gasteiger partial charge in [0, 0.05) is 18.7 Å². The fourth-order valence-electron chi connectivity index (χ4n) is 3.45. The van der Waals surface area contributed by atoms with Crippen LogP contribution in [-0.2, 0) is 25.7 Å². The van der Waals surface area contributed by atoms with Crippen LogP contribution in [-0.4, -0.2) is 28.2 Å². The van der Waals surface area contributed by atoms with Crippen molar-refractivity contribution in [3.8, 4) is 17.1 Å². The molecule has 0 spiro atoms. The van der Waals surface area contributed by atoms with E-state index in [1.807, 2.05) is 19.1 Å². The Morgan fingerprint density at radius 2 is 2.00 bits per heavy atom. The van der Waals surface area contributed by atoms with Crippen molar-refractivity contribution < 1.29 is 22.4 Å². The SMILES string of the molecule is CCOc1ccc2c(c1)CN(Cc1nc(-c3cccc(C(F)(F)F)c3)no1)CC2. The van der Waals surface area contributed by atoms with Crippen LogP contribution in [0.4, 0.5) is 13.2 Å². The van der Waals surface area contributed by atoms with Gasteiger partial charge in [0.1, 0.15) is 5.75 Å². The number of ether oxygens (including phenoxy) is 1. The van der Waals surface area contributed by atoms with Crippen LogP contribution in [0.2, 0.25) is 0 Å². The molecule has 1 aliphatic heterocycles. The third-order valence-electron chi connectivity index (χ3n) is 4.86. The maximum absolute atomic E-state index is 12.9. The first-order chi connectivity index (χ1) is 13.9. The molecule has 0 saturated heterocycles. The number of alkyl halides is 3. The summed E-state index contributed by atoms with van der Waals surface area (Å²) >= 11 is 0. The summed E-state index contributed by atoms with van der Waals surface area (Å²) in [5.74, 6) is 1.38. The first kappa shape index (κ1) is 19.4. The van der Waals surface area contributed by atoms with Gasteiger partial charge in [-0.25, -0.2) is 0 Å². The van der Waals surface area contributed by atoms with E-state index in [0.29, 0.717) is 19.0 Å². The molecule has 1 aromatic heterocycles. The number of aromatic nitrogens is 2. The second-order valence-corrected chi connectivity index (χ2v) is 6.91. The van der Waals surface area contributed by atoms with Crippen LogP contribution in [0.15, 0.2) is 47.0 Å². The minimum Gasteiger partial charge on any atom is -0.494 e. The summed E-state index contributed by atoms with van der Waals surface area (Å²) in [6.45, 7) is 4.55. The molecular formula is C21H20F3N3O2. The van der Waals surface area contributed by atoms with Gasteiger partial charge in [-0.3, -0.25) is 4.90 Å². The number of rotatable bonds is 5. The van der Waals surface area contributed by atoms with Gasteiger partial charge in [0.25, 0.3) is 0 Å². The Balaban J connectivity index is 1.47. The van der Waals surface area contributed by atoms with Crippen LogP contribution >= 0.6 is 0 Å². The number of benzene rings is 2. The molecule has 152 valence electrons. The number of nitrogens with zero attached hydrogens (tertiary/aromatic N) is 3. The highest BCUT2D eigenvalue weighted by molar-refractivity contribution is 5.55. The summed E-state index contributed by atoms with van der Waals surface area (Å²) in [5.41, 5.74) is 2.03. The minimum absolute atomic E-state index is 0.155. The molecule has 0 atom stereocenters. The molecule has 2 aromatic carbocycles. The maximum Gasteiger partial charge on any atom is 0.416 e. The molecule has 8 heteroatoms. The zero-order chi connectivity index (χ0) is 20.4. The van der Waals surface area contributed by atoms with Gasteiger partial charge in [0.15, 0.2) is 0 Å². The molecule has 0 N–H and O–H groups in total. The summed E-state index contributed by atoms with van der Waals surface area (Å²) < 4.78 is 49.6. The lowest BCUT2D eigenvalue weighted by Gasteiger charge is -2.27. The zero-order valence-corrected chi connectivity index (χ0v) is 15.9. The van der Waals surface area contributed by atoms with E-state index in [1.165, 1.54) is 23.3 Å². The highest BCUT2D eigenvalue weighted by Gasteiger charge is 2.31. The van der Waals surface area contributed by atoms with Gasteiger partial charge in [-0.05, 0) is 48.7 Å². The molecule has 29 heavy (non-hydrogen) atoms. The maximum atomic E-state index is 12.9. The van der Waals surface area contributed by atoms with E-state index in [-0.39, 0.29) is 11.4 Å². The average Bonchev–Trinajstić information content (AvgIpc) is 3.16. The quantitative estimate of drug-likeness (QED) is 0.617. The number of halogens is 3. The number of fused-ring (bicyclic) bond motifs is 1. The Labute approximate surface area is 166 Å². The summed E-state index contributed by atoms with van der Waals surface area (Å²) in [5, 5.41) is 3.86. The molecule has 0 bridgehead atoms. The topological polar surface area (TPSA) is 51.4 Å².